The van der Waals surface area contributed by atoms with Gasteiger partial charge in [0.15, 0.2) is 5.82 Å². The third kappa shape index (κ3) is 3.73. The number of hydrogen-bond donors (Lipinski definition) is 1. The standard InChI is InChI=1S/C14H20N4S/c1-3-5-11(4-2)14-16-10-18(17-14)19-13-8-6-12(15)7-9-13/h6-11H,3-5,15H2,1-2H3. The SMILES string of the molecule is CCCC(CC)c1ncn(Sc2ccc(N)cc2)n1. The van der Waals surface area contributed by atoms with Crippen molar-refractivity contribution in [1.29, 1.82) is 0 Å². The lowest BCUT2D eigenvalue weighted by Crippen LogP contribution is -2.00. The first-order valence-corrected chi connectivity index (χ1v) is 7.45. The summed E-state index contributed by atoms with van der Waals surface area (Å²) < 4.78 is 1.82. The third-order valence-electron chi connectivity index (χ3n) is 3.06. The van der Waals surface area contributed by atoms with Gasteiger partial charge in [0.05, 0.1) is 0 Å². The summed E-state index contributed by atoms with van der Waals surface area (Å²) in [4.78, 5) is 5.53. The van der Waals surface area contributed by atoms with Crippen molar-refractivity contribution in [3.63, 3.8) is 0 Å². The Morgan fingerprint density at radius 3 is 2.63 bits per heavy atom. The van der Waals surface area contributed by atoms with E-state index < -0.39 is 0 Å². The van der Waals surface area contributed by atoms with Crippen LogP contribution in [-0.2, 0) is 0 Å². The molecule has 2 rings (SSSR count). The maximum absolute atomic E-state index is 5.67. The van der Waals surface area contributed by atoms with Gasteiger partial charge in [0.25, 0.3) is 0 Å². The van der Waals surface area contributed by atoms with Crippen molar-refractivity contribution in [2.45, 2.75) is 43.9 Å². The fourth-order valence-corrected chi connectivity index (χ4v) is 2.69. The molecule has 0 aliphatic rings. The first-order valence-electron chi connectivity index (χ1n) is 6.68. The zero-order valence-electron chi connectivity index (χ0n) is 11.4. The second-order valence-corrected chi connectivity index (χ2v) is 5.59. The van der Waals surface area contributed by atoms with E-state index in [4.69, 9.17) is 5.73 Å². The van der Waals surface area contributed by atoms with E-state index in [0.717, 1.165) is 35.7 Å². The molecule has 2 aromatic rings. The number of benzene rings is 1. The van der Waals surface area contributed by atoms with Crippen molar-refractivity contribution in [3.05, 3.63) is 36.4 Å². The molecule has 0 saturated carbocycles. The Morgan fingerprint density at radius 1 is 1.26 bits per heavy atom. The van der Waals surface area contributed by atoms with Gasteiger partial charge in [-0.1, -0.05) is 20.3 Å². The third-order valence-corrected chi connectivity index (χ3v) is 3.91. The van der Waals surface area contributed by atoms with Crippen LogP contribution in [0.15, 0.2) is 35.5 Å². The van der Waals surface area contributed by atoms with Gasteiger partial charge >= 0.3 is 0 Å². The maximum Gasteiger partial charge on any atom is 0.154 e. The van der Waals surface area contributed by atoms with Crippen LogP contribution >= 0.6 is 11.9 Å². The summed E-state index contributed by atoms with van der Waals surface area (Å²) in [7, 11) is 0. The van der Waals surface area contributed by atoms with Crippen LogP contribution in [0.1, 0.15) is 44.9 Å². The van der Waals surface area contributed by atoms with E-state index in [0.29, 0.717) is 5.92 Å². The van der Waals surface area contributed by atoms with Crippen LogP contribution in [0.2, 0.25) is 0 Å². The number of nitrogens with two attached hydrogens (primary N) is 1. The molecular formula is C14H20N4S. The summed E-state index contributed by atoms with van der Waals surface area (Å²) in [5, 5.41) is 4.56. The smallest absolute Gasteiger partial charge is 0.154 e. The van der Waals surface area contributed by atoms with Crippen LogP contribution in [-0.4, -0.2) is 14.2 Å². The van der Waals surface area contributed by atoms with E-state index in [1.54, 1.807) is 18.3 Å². The number of anilines is 1. The molecule has 0 bridgehead atoms. The molecule has 102 valence electrons. The van der Waals surface area contributed by atoms with Crippen LogP contribution in [0.5, 0.6) is 0 Å². The molecule has 0 amide bonds. The van der Waals surface area contributed by atoms with E-state index in [2.05, 4.69) is 23.9 Å². The summed E-state index contributed by atoms with van der Waals surface area (Å²) in [5.74, 6) is 1.42. The summed E-state index contributed by atoms with van der Waals surface area (Å²) in [6.45, 7) is 4.39. The molecule has 1 unspecified atom stereocenters. The number of rotatable bonds is 6. The number of aromatic nitrogens is 3. The lowest BCUT2D eigenvalue weighted by Gasteiger charge is -2.08. The van der Waals surface area contributed by atoms with Gasteiger partial charge < -0.3 is 5.73 Å². The molecule has 0 aliphatic heterocycles. The molecule has 19 heavy (non-hydrogen) atoms. The first-order chi connectivity index (χ1) is 9.22. The van der Waals surface area contributed by atoms with Crippen LogP contribution < -0.4 is 5.73 Å². The van der Waals surface area contributed by atoms with Gasteiger partial charge in [-0.2, -0.15) is 4.09 Å². The van der Waals surface area contributed by atoms with E-state index in [1.807, 2.05) is 28.4 Å². The van der Waals surface area contributed by atoms with Gasteiger partial charge in [0.1, 0.15) is 6.33 Å². The number of nitrogens with zero attached hydrogens (tertiary/aromatic N) is 3. The normalized spacial score (nSPS) is 12.5. The second kappa shape index (κ2) is 6.61. The van der Waals surface area contributed by atoms with Gasteiger partial charge in [0, 0.05) is 28.4 Å². The molecule has 0 radical (unpaired) electrons. The molecule has 5 heteroatoms. The largest absolute Gasteiger partial charge is 0.399 e. The van der Waals surface area contributed by atoms with Gasteiger partial charge in [-0.3, -0.25) is 0 Å². The van der Waals surface area contributed by atoms with Crippen LogP contribution in [0.25, 0.3) is 0 Å². The molecule has 1 atom stereocenters. The van der Waals surface area contributed by atoms with Gasteiger partial charge in [-0.25, -0.2) is 4.98 Å². The fourth-order valence-electron chi connectivity index (χ4n) is 1.99. The summed E-state index contributed by atoms with van der Waals surface area (Å²) >= 11 is 1.55. The molecule has 0 fully saturated rings. The van der Waals surface area contributed by atoms with Gasteiger partial charge in [0.2, 0.25) is 0 Å². The minimum atomic E-state index is 0.471. The monoisotopic (exact) mass is 276 g/mol. The predicted molar refractivity (Wildman–Crippen MR) is 80.1 cm³/mol. The molecule has 1 aromatic heterocycles. The van der Waals surface area contributed by atoms with Crippen molar-refractivity contribution < 1.29 is 0 Å². The Bertz CT molecular complexity index is 506. The van der Waals surface area contributed by atoms with Gasteiger partial charge in [-0.05, 0) is 37.1 Å². The van der Waals surface area contributed by atoms with Gasteiger partial charge in [-0.15, -0.1) is 5.10 Å². The molecule has 0 saturated heterocycles. The summed E-state index contributed by atoms with van der Waals surface area (Å²) in [6, 6.07) is 7.77. The first kappa shape index (κ1) is 13.9. The Balaban J connectivity index is 2.06. The van der Waals surface area contributed by atoms with Crippen LogP contribution in [0.4, 0.5) is 5.69 Å². The Kier molecular flexibility index (Phi) is 4.85. The molecule has 1 heterocycles. The Labute approximate surface area is 118 Å². The second-order valence-electron chi connectivity index (χ2n) is 4.56. The van der Waals surface area contributed by atoms with E-state index in [9.17, 15) is 0 Å². The summed E-state index contributed by atoms with van der Waals surface area (Å²) in [6.07, 6.45) is 5.18. The van der Waals surface area contributed by atoms with E-state index >= 15 is 0 Å². The fraction of sp³-hybridized carbons (Fsp3) is 0.429. The molecule has 2 N–H and O–H groups in total. The van der Waals surface area contributed by atoms with E-state index in [1.165, 1.54) is 0 Å². The molecule has 1 aromatic carbocycles. The summed E-state index contributed by atoms with van der Waals surface area (Å²) in [5.41, 5.74) is 6.45. The highest BCUT2D eigenvalue weighted by Crippen LogP contribution is 2.24. The lowest BCUT2D eigenvalue weighted by atomic mass is 10.0. The Hall–Kier alpha value is -1.49. The number of hydrogen-bond acceptors (Lipinski definition) is 4. The highest BCUT2D eigenvalue weighted by molar-refractivity contribution is 7.97. The van der Waals surface area contributed by atoms with Crippen molar-refractivity contribution in [1.82, 2.24) is 14.2 Å². The number of nitrogen functional groups attached to an aromatic ring is 1. The highest BCUT2D eigenvalue weighted by atomic mass is 32.2. The molecule has 0 spiro atoms. The minimum absolute atomic E-state index is 0.471. The topological polar surface area (TPSA) is 56.7 Å². The van der Waals surface area contributed by atoms with Crippen molar-refractivity contribution in [2.75, 3.05) is 5.73 Å². The Morgan fingerprint density at radius 2 is 2.00 bits per heavy atom. The van der Waals surface area contributed by atoms with Crippen molar-refractivity contribution in [2.24, 2.45) is 0 Å². The van der Waals surface area contributed by atoms with Crippen LogP contribution in [0.3, 0.4) is 0 Å². The molecule has 0 aliphatic carbocycles. The molecule has 4 nitrogen and oxygen atoms in total. The molecular weight excluding hydrogens is 256 g/mol. The average molecular weight is 276 g/mol. The zero-order chi connectivity index (χ0) is 13.7. The zero-order valence-corrected chi connectivity index (χ0v) is 12.2. The van der Waals surface area contributed by atoms with E-state index in [-0.39, 0.29) is 0 Å². The quantitative estimate of drug-likeness (QED) is 0.817. The van der Waals surface area contributed by atoms with Crippen LogP contribution in [0, 0.1) is 0 Å². The maximum atomic E-state index is 5.67. The average Bonchev–Trinajstić information content (AvgIpc) is 2.87. The van der Waals surface area contributed by atoms with Crippen molar-refractivity contribution in [3.8, 4) is 0 Å². The predicted octanol–water partition coefficient (Wildman–Crippen LogP) is 3.71. The van der Waals surface area contributed by atoms with Crippen molar-refractivity contribution >= 4 is 17.6 Å². The lowest BCUT2D eigenvalue weighted by molar-refractivity contribution is 0.565. The highest BCUT2D eigenvalue weighted by Gasteiger charge is 2.13. The minimum Gasteiger partial charge on any atom is -0.399 e.